The molecule has 1 aromatic rings. The molecular formula is C12H12F3NO. The normalized spacial score (nSPS) is 10.6. The third kappa shape index (κ3) is 4.27. The first-order valence-corrected chi connectivity index (χ1v) is 4.86. The zero-order valence-corrected chi connectivity index (χ0v) is 9.48. The van der Waals surface area contributed by atoms with Crippen molar-refractivity contribution in [3.63, 3.8) is 0 Å². The van der Waals surface area contributed by atoms with Gasteiger partial charge in [0.1, 0.15) is 12.4 Å². The molecule has 0 aliphatic heterocycles. The second kappa shape index (κ2) is 5.00. The van der Waals surface area contributed by atoms with Gasteiger partial charge in [0.2, 0.25) is 0 Å². The van der Waals surface area contributed by atoms with Gasteiger partial charge in [0, 0.05) is 17.2 Å². The van der Waals surface area contributed by atoms with E-state index in [2.05, 4.69) is 0 Å². The van der Waals surface area contributed by atoms with Crippen LogP contribution in [0.25, 0.3) is 0 Å². The number of nitrogens with two attached hydrogens (primary N) is 1. The molecule has 0 saturated heterocycles. The molecule has 0 bridgehead atoms. The number of alkyl halides is 3. The molecule has 0 amide bonds. The number of rotatable bonds is 2. The molecule has 0 fully saturated rings. The maximum atomic E-state index is 11.7. The maximum absolute atomic E-state index is 11.7. The number of nitrogen functional groups attached to an aromatic ring is 1. The lowest BCUT2D eigenvalue weighted by Gasteiger charge is -2.09. The summed E-state index contributed by atoms with van der Waals surface area (Å²) in [5, 5.41) is 0. The Morgan fingerprint density at radius 1 is 1.29 bits per heavy atom. The summed E-state index contributed by atoms with van der Waals surface area (Å²) in [4.78, 5) is 0. The average molecular weight is 243 g/mol. The van der Waals surface area contributed by atoms with Crippen LogP contribution in [0.15, 0.2) is 12.1 Å². The van der Waals surface area contributed by atoms with Gasteiger partial charge in [-0.15, -0.1) is 0 Å². The minimum absolute atomic E-state index is 0.316. The van der Waals surface area contributed by atoms with Crippen molar-refractivity contribution >= 4 is 5.69 Å². The van der Waals surface area contributed by atoms with Crippen LogP contribution in [0.1, 0.15) is 11.1 Å². The summed E-state index contributed by atoms with van der Waals surface area (Å²) in [6, 6.07) is 3.48. The van der Waals surface area contributed by atoms with Crippen molar-refractivity contribution in [3.8, 4) is 17.6 Å². The first-order valence-electron chi connectivity index (χ1n) is 4.86. The van der Waals surface area contributed by atoms with E-state index >= 15 is 0 Å². The monoisotopic (exact) mass is 243 g/mol. The SMILES string of the molecule is Cc1cc(N)c(C)c(OCC#CC(F)(F)F)c1. The van der Waals surface area contributed by atoms with Gasteiger partial charge in [0.05, 0.1) is 0 Å². The van der Waals surface area contributed by atoms with E-state index in [0.29, 0.717) is 17.0 Å². The van der Waals surface area contributed by atoms with E-state index in [0.717, 1.165) is 11.5 Å². The van der Waals surface area contributed by atoms with Crippen LogP contribution >= 0.6 is 0 Å². The van der Waals surface area contributed by atoms with E-state index in [-0.39, 0.29) is 6.61 Å². The number of anilines is 1. The van der Waals surface area contributed by atoms with Gasteiger partial charge >= 0.3 is 6.18 Å². The van der Waals surface area contributed by atoms with E-state index in [1.165, 1.54) is 0 Å². The van der Waals surface area contributed by atoms with Gasteiger partial charge in [-0.05, 0) is 31.5 Å². The van der Waals surface area contributed by atoms with E-state index in [1.807, 2.05) is 12.8 Å². The van der Waals surface area contributed by atoms with Crippen LogP contribution in [0.2, 0.25) is 0 Å². The van der Waals surface area contributed by atoms with Crippen LogP contribution in [0, 0.1) is 25.7 Å². The van der Waals surface area contributed by atoms with Crippen molar-refractivity contribution < 1.29 is 17.9 Å². The highest BCUT2D eigenvalue weighted by atomic mass is 19.4. The quantitative estimate of drug-likeness (QED) is 0.640. The molecule has 0 heterocycles. The molecule has 0 unspecified atom stereocenters. The Morgan fingerprint density at radius 2 is 1.94 bits per heavy atom. The summed E-state index contributed by atoms with van der Waals surface area (Å²) in [5.41, 5.74) is 7.82. The molecule has 2 nitrogen and oxygen atoms in total. The number of benzene rings is 1. The number of aryl methyl sites for hydroxylation is 1. The second-order valence-electron chi connectivity index (χ2n) is 3.57. The van der Waals surface area contributed by atoms with Gasteiger partial charge in [-0.2, -0.15) is 13.2 Å². The predicted octanol–water partition coefficient (Wildman–Crippen LogP) is 2.83. The van der Waals surface area contributed by atoms with Gasteiger partial charge in [-0.1, -0.05) is 5.92 Å². The standard InChI is InChI=1S/C12H12F3NO/c1-8-6-10(16)9(2)11(7-8)17-5-3-4-12(13,14)15/h6-7H,5,16H2,1-2H3. The molecule has 0 spiro atoms. The molecule has 0 aliphatic carbocycles. The van der Waals surface area contributed by atoms with Gasteiger partial charge in [-0.3, -0.25) is 0 Å². The van der Waals surface area contributed by atoms with Crippen molar-refractivity contribution in [2.24, 2.45) is 0 Å². The minimum Gasteiger partial charge on any atom is -0.481 e. The van der Waals surface area contributed by atoms with Gasteiger partial charge in [-0.25, -0.2) is 0 Å². The number of hydrogen-bond donors (Lipinski definition) is 1. The van der Waals surface area contributed by atoms with Crippen molar-refractivity contribution in [3.05, 3.63) is 23.3 Å². The molecule has 0 aromatic heterocycles. The molecule has 0 aliphatic rings. The summed E-state index contributed by atoms with van der Waals surface area (Å²) >= 11 is 0. The maximum Gasteiger partial charge on any atom is 0.457 e. The van der Waals surface area contributed by atoms with Crippen molar-refractivity contribution in [2.75, 3.05) is 12.3 Å². The molecule has 1 aromatic carbocycles. The first kappa shape index (κ1) is 13.2. The fourth-order valence-electron chi connectivity index (χ4n) is 1.25. The Labute approximate surface area is 97.6 Å². The fourth-order valence-corrected chi connectivity index (χ4v) is 1.25. The zero-order valence-electron chi connectivity index (χ0n) is 9.48. The lowest BCUT2D eigenvalue weighted by atomic mass is 10.1. The molecular weight excluding hydrogens is 231 g/mol. The van der Waals surface area contributed by atoms with E-state index < -0.39 is 6.18 Å². The first-order chi connectivity index (χ1) is 7.79. The Balaban J connectivity index is 2.73. The van der Waals surface area contributed by atoms with Gasteiger partial charge in [0.15, 0.2) is 0 Å². The van der Waals surface area contributed by atoms with Crippen LogP contribution in [-0.4, -0.2) is 12.8 Å². The van der Waals surface area contributed by atoms with Crippen LogP contribution in [0.3, 0.4) is 0 Å². The topological polar surface area (TPSA) is 35.2 Å². The lowest BCUT2D eigenvalue weighted by molar-refractivity contribution is -0.0698. The molecule has 0 radical (unpaired) electrons. The summed E-state index contributed by atoms with van der Waals surface area (Å²) in [6.45, 7) is 3.24. The smallest absolute Gasteiger partial charge is 0.457 e. The third-order valence-electron chi connectivity index (χ3n) is 2.07. The summed E-state index contributed by atoms with van der Waals surface area (Å²) in [5.74, 6) is 3.49. The molecule has 17 heavy (non-hydrogen) atoms. The fraction of sp³-hybridized carbons (Fsp3) is 0.333. The molecule has 2 N–H and O–H groups in total. The second-order valence-corrected chi connectivity index (χ2v) is 3.57. The number of hydrogen-bond acceptors (Lipinski definition) is 2. The predicted molar refractivity (Wildman–Crippen MR) is 59.7 cm³/mol. The molecule has 0 saturated carbocycles. The Kier molecular flexibility index (Phi) is 3.89. The van der Waals surface area contributed by atoms with Crippen molar-refractivity contribution in [1.82, 2.24) is 0 Å². The van der Waals surface area contributed by atoms with Crippen LogP contribution < -0.4 is 10.5 Å². The molecule has 0 atom stereocenters. The van der Waals surface area contributed by atoms with Crippen LogP contribution in [0.4, 0.5) is 18.9 Å². The van der Waals surface area contributed by atoms with Crippen LogP contribution in [0.5, 0.6) is 5.75 Å². The molecule has 92 valence electrons. The van der Waals surface area contributed by atoms with Crippen molar-refractivity contribution in [2.45, 2.75) is 20.0 Å². The summed E-state index contributed by atoms with van der Waals surface area (Å²) in [7, 11) is 0. The highest BCUT2D eigenvalue weighted by Gasteiger charge is 2.22. The minimum atomic E-state index is -4.48. The van der Waals surface area contributed by atoms with Gasteiger partial charge in [0.25, 0.3) is 0 Å². The summed E-state index contributed by atoms with van der Waals surface area (Å²) < 4.78 is 40.4. The molecule has 1 rings (SSSR count). The van der Waals surface area contributed by atoms with Gasteiger partial charge < -0.3 is 10.5 Å². The largest absolute Gasteiger partial charge is 0.481 e. The summed E-state index contributed by atoms with van der Waals surface area (Å²) in [6.07, 6.45) is -4.48. The van der Waals surface area contributed by atoms with Crippen LogP contribution in [-0.2, 0) is 0 Å². The number of ether oxygens (including phenoxy) is 1. The van der Waals surface area contributed by atoms with Crippen molar-refractivity contribution in [1.29, 1.82) is 0 Å². The Morgan fingerprint density at radius 3 is 2.53 bits per heavy atom. The lowest BCUT2D eigenvalue weighted by Crippen LogP contribution is -2.04. The highest BCUT2D eigenvalue weighted by Crippen LogP contribution is 2.25. The Hall–Kier alpha value is -1.83. The zero-order chi connectivity index (χ0) is 13.1. The average Bonchev–Trinajstić information content (AvgIpc) is 2.18. The van der Waals surface area contributed by atoms with E-state index in [4.69, 9.17) is 10.5 Å². The third-order valence-corrected chi connectivity index (χ3v) is 2.07. The van der Waals surface area contributed by atoms with E-state index in [9.17, 15) is 13.2 Å². The number of halogens is 3. The van der Waals surface area contributed by atoms with E-state index in [1.54, 1.807) is 19.1 Å². The highest BCUT2D eigenvalue weighted by molar-refractivity contribution is 5.55. The molecule has 5 heteroatoms. The Bertz CT molecular complexity index is 469.